The van der Waals surface area contributed by atoms with E-state index in [1.165, 1.54) is 18.3 Å². The van der Waals surface area contributed by atoms with E-state index in [2.05, 4.69) is 47.3 Å². The second-order valence-corrected chi connectivity index (χ2v) is 11.3. The van der Waals surface area contributed by atoms with Crippen molar-refractivity contribution in [2.24, 2.45) is 0 Å². The number of amides is 1. The van der Waals surface area contributed by atoms with Crippen LogP contribution in [0, 0.1) is 0 Å². The molecule has 14 heteroatoms. The van der Waals surface area contributed by atoms with Crippen LogP contribution in [0.4, 0.5) is 26.3 Å². The average Bonchev–Trinajstić information content (AvgIpc) is 3.36. The molecule has 38 heavy (non-hydrogen) atoms. The summed E-state index contributed by atoms with van der Waals surface area (Å²) in [4.78, 5) is 15.9. The van der Waals surface area contributed by atoms with E-state index in [1.807, 2.05) is 5.10 Å². The number of aromatic amines is 1. The lowest BCUT2D eigenvalue weighted by Gasteiger charge is -2.39. The zero-order valence-electron chi connectivity index (χ0n) is 19.3. The van der Waals surface area contributed by atoms with Crippen LogP contribution in [0.2, 0.25) is 0 Å². The van der Waals surface area contributed by atoms with Gasteiger partial charge in [0.15, 0.2) is 5.69 Å². The number of carbonyl (C=O) groups is 1. The van der Waals surface area contributed by atoms with Crippen LogP contribution in [0.15, 0.2) is 48.8 Å². The number of halogens is 8. The van der Waals surface area contributed by atoms with E-state index in [1.54, 1.807) is 18.2 Å². The van der Waals surface area contributed by atoms with Gasteiger partial charge in [0.25, 0.3) is 5.91 Å². The minimum Gasteiger partial charge on any atom is -0.438 e. The molecule has 1 amide bonds. The summed E-state index contributed by atoms with van der Waals surface area (Å²) in [5.41, 5.74) is -2.02. The predicted octanol–water partition coefficient (Wildman–Crippen LogP) is 7.58. The molecule has 0 saturated heterocycles. The molecule has 1 atom stereocenters. The van der Waals surface area contributed by atoms with Gasteiger partial charge in [-0.2, -0.15) is 31.4 Å². The standard InChI is InChI=1S/C24H20Br2F6N4O2/c25-18(13-3-1-4-15(11-13)38-21-17(23(27,28)29)5-2-10-33-21)22(26)8-6-14(7-9-22)35-20(37)16-12-34-36-19(16)24(30,31)32/h1-5,10-12,14,18H,6-9H2,(H,34,36)(H,35,37)/t14?,18-,22?/m0/s1. The van der Waals surface area contributed by atoms with E-state index in [0.717, 1.165) is 17.8 Å². The zero-order valence-corrected chi connectivity index (χ0v) is 22.5. The molecule has 2 N–H and O–H groups in total. The van der Waals surface area contributed by atoms with Crippen molar-refractivity contribution >= 4 is 37.8 Å². The Labute approximate surface area is 229 Å². The van der Waals surface area contributed by atoms with Crippen molar-refractivity contribution in [3.63, 3.8) is 0 Å². The Morgan fingerprint density at radius 1 is 1.11 bits per heavy atom. The Balaban J connectivity index is 1.41. The molecule has 1 saturated carbocycles. The number of H-pyrrole nitrogens is 1. The minimum absolute atomic E-state index is 0.175. The molecular formula is C24H20Br2F6N4O2. The number of ether oxygens (including phenoxy) is 1. The molecule has 2 heterocycles. The first-order valence-corrected chi connectivity index (χ1v) is 13.0. The average molecular weight is 670 g/mol. The van der Waals surface area contributed by atoms with Gasteiger partial charge in [-0.3, -0.25) is 9.89 Å². The lowest BCUT2D eigenvalue weighted by Crippen LogP contribution is -2.42. The van der Waals surface area contributed by atoms with Gasteiger partial charge in [0.2, 0.25) is 5.88 Å². The van der Waals surface area contributed by atoms with Crippen molar-refractivity contribution in [2.45, 2.75) is 53.2 Å². The number of rotatable bonds is 6. The molecule has 1 aromatic carbocycles. The number of alkyl halides is 8. The first-order chi connectivity index (χ1) is 17.8. The highest BCUT2D eigenvalue weighted by Crippen LogP contribution is 2.50. The molecule has 0 spiro atoms. The largest absolute Gasteiger partial charge is 0.438 e. The fraction of sp³-hybridized carbons (Fsp3) is 0.375. The number of carbonyl (C=O) groups excluding carboxylic acids is 1. The first-order valence-electron chi connectivity index (χ1n) is 11.3. The summed E-state index contributed by atoms with van der Waals surface area (Å²) in [6.45, 7) is 0. The molecule has 3 aromatic rings. The van der Waals surface area contributed by atoms with E-state index in [-0.39, 0.29) is 16.6 Å². The lowest BCUT2D eigenvalue weighted by molar-refractivity contribution is -0.141. The third kappa shape index (κ3) is 6.33. The molecule has 204 valence electrons. The smallest absolute Gasteiger partial charge is 0.433 e. The maximum atomic E-state index is 13.3. The Kier molecular flexibility index (Phi) is 8.12. The Morgan fingerprint density at radius 2 is 1.82 bits per heavy atom. The van der Waals surface area contributed by atoms with Crippen molar-refractivity contribution in [1.29, 1.82) is 0 Å². The molecular weight excluding hydrogens is 650 g/mol. The summed E-state index contributed by atoms with van der Waals surface area (Å²) < 4.78 is 84.1. The van der Waals surface area contributed by atoms with Crippen molar-refractivity contribution in [2.75, 3.05) is 0 Å². The summed E-state index contributed by atoms with van der Waals surface area (Å²) in [7, 11) is 0. The van der Waals surface area contributed by atoms with Crippen LogP contribution in [0.5, 0.6) is 11.6 Å². The highest BCUT2D eigenvalue weighted by atomic mass is 79.9. The maximum Gasteiger partial charge on any atom is 0.433 e. The SMILES string of the molecule is O=C(NC1CCC(Br)([C@@H](Br)c2cccc(Oc3ncccc3C(F)(F)F)c2)CC1)c1cn[nH]c1C(F)(F)F. The van der Waals surface area contributed by atoms with E-state index in [4.69, 9.17) is 4.74 Å². The van der Waals surface area contributed by atoms with Gasteiger partial charge in [0.05, 0.1) is 16.6 Å². The van der Waals surface area contributed by atoms with Gasteiger partial charge < -0.3 is 10.1 Å². The van der Waals surface area contributed by atoms with Gasteiger partial charge in [0.1, 0.15) is 11.3 Å². The minimum atomic E-state index is -4.73. The van der Waals surface area contributed by atoms with Gasteiger partial charge in [-0.1, -0.05) is 44.0 Å². The van der Waals surface area contributed by atoms with Crippen molar-refractivity contribution < 1.29 is 35.9 Å². The summed E-state index contributed by atoms with van der Waals surface area (Å²) >= 11 is 7.45. The summed E-state index contributed by atoms with van der Waals surface area (Å²) in [6.07, 6.45) is -5.23. The van der Waals surface area contributed by atoms with Crippen LogP contribution in [-0.2, 0) is 12.4 Å². The number of hydrogen-bond donors (Lipinski definition) is 2. The second-order valence-electron chi connectivity index (χ2n) is 8.83. The van der Waals surface area contributed by atoms with Gasteiger partial charge >= 0.3 is 12.4 Å². The maximum absolute atomic E-state index is 13.3. The third-order valence-electron chi connectivity index (χ3n) is 6.22. The quantitative estimate of drug-likeness (QED) is 0.210. The predicted molar refractivity (Wildman–Crippen MR) is 132 cm³/mol. The number of benzene rings is 1. The van der Waals surface area contributed by atoms with Crippen molar-refractivity contribution in [3.8, 4) is 11.6 Å². The highest BCUT2D eigenvalue weighted by molar-refractivity contribution is 9.12. The first kappa shape index (κ1) is 28.4. The summed E-state index contributed by atoms with van der Waals surface area (Å²) in [5, 5.41) is 7.81. The molecule has 4 rings (SSSR count). The number of aromatic nitrogens is 3. The van der Waals surface area contributed by atoms with E-state index < -0.39 is 45.3 Å². The molecule has 2 aromatic heterocycles. The highest BCUT2D eigenvalue weighted by Gasteiger charge is 2.42. The molecule has 1 aliphatic carbocycles. The topological polar surface area (TPSA) is 79.9 Å². The van der Waals surface area contributed by atoms with Crippen LogP contribution < -0.4 is 10.1 Å². The number of hydrogen-bond acceptors (Lipinski definition) is 4. The van der Waals surface area contributed by atoms with Crippen LogP contribution >= 0.6 is 31.9 Å². The summed E-state index contributed by atoms with van der Waals surface area (Å²) in [6, 6.07) is 8.31. The van der Waals surface area contributed by atoms with E-state index in [9.17, 15) is 31.1 Å². The lowest BCUT2D eigenvalue weighted by atomic mass is 9.82. The third-order valence-corrected chi connectivity index (χ3v) is 9.49. The number of nitrogens with zero attached hydrogens (tertiary/aromatic N) is 2. The number of pyridine rings is 1. The van der Waals surface area contributed by atoms with Crippen LogP contribution in [0.25, 0.3) is 0 Å². The Morgan fingerprint density at radius 3 is 2.47 bits per heavy atom. The normalized spacial score (nSPS) is 21.1. The van der Waals surface area contributed by atoms with Crippen LogP contribution in [0.1, 0.15) is 57.7 Å². The Bertz CT molecular complexity index is 1290. The van der Waals surface area contributed by atoms with Crippen molar-refractivity contribution in [3.05, 3.63) is 71.2 Å². The van der Waals surface area contributed by atoms with Gasteiger partial charge in [-0.15, -0.1) is 0 Å². The number of nitrogens with one attached hydrogen (secondary N) is 2. The van der Waals surface area contributed by atoms with Crippen LogP contribution in [0.3, 0.4) is 0 Å². The molecule has 0 aliphatic heterocycles. The summed E-state index contributed by atoms with van der Waals surface area (Å²) in [5.74, 6) is -1.24. The van der Waals surface area contributed by atoms with Gasteiger partial charge in [-0.25, -0.2) is 4.98 Å². The molecule has 0 radical (unpaired) electrons. The fourth-order valence-corrected chi connectivity index (χ4v) is 5.73. The van der Waals surface area contributed by atoms with Crippen molar-refractivity contribution in [1.82, 2.24) is 20.5 Å². The van der Waals surface area contributed by atoms with Crippen LogP contribution in [-0.4, -0.2) is 31.5 Å². The molecule has 1 fully saturated rings. The monoisotopic (exact) mass is 668 g/mol. The molecule has 0 bridgehead atoms. The zero-order chi connectivity index (χ0) is 27.7. The molecule has 0 unspecified atom stereocenters. The van der Waals surface area contributed by atoms with Gasteiger partial charge in [-0.05, 0) is 55.5 Å². The Hall–Kier alpha value is -2.61. The second kappa shape index (κ2) is 10.9. The molecule has 6 nitrogen and oxygen atoms in total. The fourth-order valence-electron chi connectivity index (χ4n) is 4.27. The van der Waals surface area contributed by atoms with E-state index in [0.29, 0.717) is 25.7 Å². The van der Waals surface area contributed by atoms with E-state index >= 15 is 0 Å². The molecule has 1 aliphatic rings. The van der Waals surface area contributed by atoms with Gasteiger partial charge in [0, 0.05) is 16.6 Å².